The Kier molecular flexibility index (Phi) is 5.83. The number of carbonyl (C=O) groups excluding carboxylic acids is 2. The zero-order valence-corrected chi connectivity index (χ0v) is 20.0. The molecule has 1 aliphatic rings. The van der Waals surface area contributed by atoms with Crippen LogP contribution in [0.1, 0.15) is 29.8 Å². The number of amides is 1. The number of aliphatic hydroxyl groups is 1. The van der Waals surface area contributed by atoms with Crippen LogP contribution in [0.15, 0.2) is 78.4 Å². The number of rotatable bonds is 5. The summed E-state index contributed by atoms with van der Waals surface area (Å²) < 4.78 is 5.57. The molecular weight excluding hydrogens is 464 g/mol. The number of ketones is 1. The second-order valence-corrected chi connectivity index (χ2v) is 8.75. The Balaban J connectivity index is 1.78. The fourth-order valence-electron chi connectivity index (χ4n) is 4.68. The van der Waals surface area contributed by atoms with E-state index in [0.717, 1.165) is 22.2 Å². The van der Waals surface area contributed by atoms with Crippen molar-refractivity contribution < 1.29 is 19.4 Å². The number of H-pyrrole nitrogens is 1. The lowest BCUT2D eigenvalue weighted by Gasteiger charge is -2.26. The standard InChI is InChI=1S/C28H23ClN2O4/c1-3-35-20-8-6-7-17(15-20)26(32)24-25(23-16(2)30-22-10-5-4-9-21(22)23)31(28(34)27(24)33)19-13-11-18(29)12-14-19/h4-15,25,30,32H,3H2,1-2H3/b26-24+. The molecule has 5 rings (SSSR count). The third kappa shape index (κ3) is 3.86. The van der Waals surface area contributed by atoms with Gasteiger partial charge in [0.2, 0.25) is 0 Å². The molecule has 1 saturated heterocycles. The van der Waals surface area contributed by atoms with Gasteiger partial charge < -0.3 is 14.8 Å². The topological polar surface area (TPSA) is 82.6 Å². The molecule has 1 aliphatic heterocycles. The highest BCUT2D eigenvalue weighted by molar-refractivity contribution is 6.52. The lowest BCUT2D eigenvalue weighted by molar-refractivity contribution is -0.132. The summed E-state index contributed by atoms with van der Waals surface area (Å²) in [4.78, 5) is 31.7. The van der Waals surface area contributed by atoms with Crippen LogP contribution in [-0.2, 0) is 9.59 Å². The van der Waals surface area contributed by atoms with Gasteiger partial charge in [-0.25, -0.2) is 0 Å². The minimum absolute atomic E-state index is 0.0199. The smallest absolute Gasteiger partial charge is 0.300 e. The predicted molar refractivity (Wildman–Crippen MR) is 137 cm³/mol. The van der Waals surface area contributed by atoms with Gasteiger partial charge in [-0.3, -0.25) is 14.5 Å². The summed E-state index contributed by atoms with van der Waals surface area (Å²) >= 11 is 6.09. The fourth-order valence-corrected chi connectivity index (χ4v) is 4.81. The minimum atomic E-state index is -0.844. The van der Waals surface area contributed by atoms with E-state index in [1.54, 1.807) is 48.5 Å². The van der Waals surface area contributed by atoms with Crippen molar-refractivity contribution in [3.05, 3.63) is 100 Å². The van der Waals surface area contributed by atoms with E-state index in [4.69, 9.17) is 16.3 Å². The second-order valence-electron chi connectivity index (χ2n) is 8.32. The van der Waals surface area contributed by atoms with Gasteiger partial charge in [0.05, 0.1) is 18.2 Å². The minimum Gasteiger partial charge on any atom is -0.507 e. The van der Waals surface area contributed by atoms with Gasteiger partial charge in [0, 0.05) is 38.4 Å². The zero-order valence-electron chi connectivity index (χ0n) is 19.2. The molecule has 7 heteroatoms. The first-order valence-corrected chi connectivity index (χ1v) is 11.7. The molecule has 0 aliphatic carbocycles. The number of fused-ring (bicyclic) bond motifs is 1. The van der Waals surface area contributed by atoms with Crippen LogP contribution >= 0.6 is 11.6 Å². The number of nitrogens with one attached hydrogen (secondary N) is 1. The lowest BCUT2D eigenvalue weighted by atomic mass is 9.93. The van der Waals surface area contributed by atoms with Crippen LogP contribution in [0, 0.1) is 6.92 Å². The maximum atomic E-state index is 13.5. The quantitative estimate of drug-likeness (QED) is 0.201. The molecule has 4 aromatic rings. The molecule has 1 unspecified atom stereocenters. The number of anilines is 1. The van der Waals surface area contributed by atoms with Crippen molar-refractivity contribution in [2.24, 2.45) is 0 Å². The molecule has 35 heavy (non-hydrogen) atoms. The van der Waals surface area contributed by atoms with Crippen LogP contribution in [0.25, 0.3) is 16.7 Å². The Hall–Kier alpha value is -4.03. The van der Waals surface area contributed by atoms with Gasteiger partial charge in [-0.15, -0.1) is 0 Å². The van der Waals surface area contributed by atoms with E-state index in [1.807, 2.05) is 38.1 Å². The lowest BCUT2D eigenvalue weighted by Crippen LogP contribution is -2.29. The largest absolute Gasteiger partial charge is 0.507 e. The van der Waals surface area contributed by atoms with E-state index in [2.05, 4.69) is 4.98 Å². The molecule has 1 fully saturated rings. The number of Topliss-reactive ketones (excluding diaryl/α,β-unsaturated/α-hetero) is 1. The molecular formula is C28H23ClN2O4. The van der Waals surface area contributed by atoms with Crippen molar-refractivity contribution in [1.29, 1.82) is 0 Å². The predicted octanol–water partition coefficient (Wildman–Crippen LogP) is 6.15. The molecule has 0 bridgehead atoms. The third-order valence-corrected chi connectivity index (χ3v) is 6.44. The maximum absolute atomic E-state index is 13.5. The van der Waals surface area contributed by atoms with Crippen molar-refractivity contribution in [1.82, 2.24) is 4.98 Å². The molecule has 2 heterocycles. The number of aromatic nitrogens is 1. The Labute approximate surface area is 207 Å². The number of benzene rings is 3. The normalized spacial score (nSPS) is 17.3. The van der Waals surface area contributed by atoms with Crippen LogP contribution in [0.4, 0.5) is 5.69 Å². The van der Waals surface area contributed by atoms with Crippen molar-refractivity contribution in [3.63, 3.8) is 0 Å². The van der Waals surface area contributed by atoms with E-state index in [0.29, 0.717) is 28.6 Å². The first-order chi connectivity index (χ1) is 16.9. The highest BCUT2D eigenvalue weighted by atomic mass is 35.5. The van der Waals surface area contributed by atoms with Gasteiger partial charge in [-0.1, -0.05) is 41.9 Å². The average molecular weight is 487 g/mol. The van der Waals surface area contributed by atoms with E-state index >= 15 is 0 Å². The molecule has 3 aromatic carbocycles. The van der Waals surface area contributed by atoms with Gasteiger partial charge in [-0.2, -0.15) is 0 Å². The number of hydrogen-bond donors (Lipinski definition) is 2. The summed E-state index contributed by atoms with van der Waals surface area (Å²) in [5.41, 5.74) is 3.34. The molecule has 1 amide bonds. The summed E-state index contributed by atoms with van der Waals surface area (Å²) in [6.45, 7) is 4.22. The van der Waals surface area contributed by atoms with E-state index < -0.39 is 17.7 Å². The maximum Gasteiger partial charge on any atom is 0.300 e. The Morgan fingerprint density at radius 3 is 2.54 bits per heavy atom. The van der Waals surface area contributed by atoms with Crippen LogP contribution < -0.4 is 9.64 Å². The number of hydrogen-bond acceptors (Lipinski definition) is 4. The van der Waals surface area contributed by atoms with Gasteiger partial charge >= 0.3 is 0 Å². The molecule has 1 aromatic heterocycles. The number of ether oxygens (including phenoxy) is 1. The monoisotopic (exact) mass is 486 g/mol. The summed E-state index contributed by atoms with van der Waals surface area (Å²) in [5.74, 6) is -1.17. The van der Waals surface area contributed by atoms with Crippen LogP contribution in [0.5, 0.6) is 5.75 Å². The Morgan fingerprint density at radius 2 is 1.80 bits per heavy atom. The summed E-state index contributed by atoms with van der Waals surface area (Å²) in [6, 6.07) is 20.4. The van der Waals surface area contributed by atoms with Crippen molar-refractivity contribution in [3.8, 4) is 5.75 Å². The molecule has 0 spiro atoms. The average Bonchev–Trinajstić information content (AvgIpc) is 3.32. The SMILES string of the molecule is CCOc1cccc(/C(O)=C2\C(=O)C(=O)N(c3ccc(Cl)cc3)C2c2c(C)[nH]c3ccccc23)c1. The highest BCUT2D eigenvalue weighted by Gasteiger charge is 2.48. The van der Waals surface area contributed by atoms with Crippen molar-refractivity contribution >= 4 is 45.6 Å². The first kappa shape index (κ1) is 22.7. The summed E-state index contributed by atoms with van der Waals surface area (Å²) in [5, 5.41) is 12.8. The molecule has 176 valence electrons. The van der Waals surface area contributed by atoms with Crippen molar-refractivity contribution in [2.45, 2.75) is 19.9 Å². The Morgan fingerprint density at radius 1 is 1.06 bits per heavy atom. The molecule has 1 atom stereocenters. The Bertz CT molecular complexity index is 1490. The van der Waals surface area contributed by atoms with Crippen LogP contribution in [0.3, 0.4) is 0 Å². The van der Waals surface area contributed by atoms with E-state index in [1.165, 1.54) is 4.90 Å². The third-order valence-electron chi connectivity index (χ3n) is 6.18. The van der Waals surface area contributed by atoms with Gasteiger partial charge in [-0.05, 0) is 56.3 Å². The van der Waals surface area contributed by atoms with Gasteiger partial charge in [0.25, 0.3) is 11.7 Å². The number of nitrogens with zero attached hydrogens (tertiary/aromatic N) is 1. The van der Waals surface area contributed by atoms with Crippen molar-refractivity contribution in [2.75, 3.05) is 11.5 Å². The van der Waals surface area contributed by atoms with E-state index in [9.17, 15) is 14.7 Å². The number of halogens is 1. The highest BCUT2D eigenvalue weighted by Crippen LogP contribution is 2.45. The first-order valence-electron chi connectivity index (χ1n) is 11.3. The van der Waals surface area contributed by atoms with Crippen LogP contribution in [0.2, 0.25) is 5.02 Å². The van der Waals surface area contributed by atoms with Gasteiger partial charge in [0.1, 0.15) is 11.5 Å². The second kappa shape index (κ2) is 8.96. The number of carbonyl (C=O) groups is 2. The van der Waals surface area contributed by atoms with E-state index in [-0.39, 0.29) is 11.3 Å². The van der Waals surface area contributed by atoms with Crippen LogP contribution in [-0.4, -0.2) is 28.4 Å². The fraction of sp³-hybridized carbons (Fsp3) is 0.143. The number of aliphatic hydroxyl groups excluding tert-OH is 1. The van der Waals surface area contributed by atoms with Gasteiger partial charge in [0.15, 0.2) is 0 Å². The summed E-state index contributed by atoms with van der Waals surface area (Å²) in [6.07, 6.45) is 0. The zero-order chi connectivity index (χ0) is 24.7. The number of aryl methyl sites for hydroxylation is 1. The molecule has 0 radical (unpaired) electrons. The molecule has 6 nitrogen and oxygen atoms in total. The number of para-hydroxylation sites is 1. The summed E-state index contributed by atoms with van der Waals surface area (Å²) in [7, 11) is 0. The molecule has 0 saturated carbocycles. The number of aromatic amines is 1. The molecule has 2 N–H and O–H groups in total.